The number of aliphatic hydroxyl groups is 2. The van der Waals surface area contributed by atoms with Crippen molar-refractivity contribution in [2.24, 2.45) is 0 Å². The maximum atomic E-state index is 12.4. The van der Waals surface area contributed by atoms with Gasteiger partial charge in [-0.05, 0) is 51.4 Å². The van der Waals surface area contributed by atoms with Gasteiger partial charge in [0.25, 0.3) is 0 Å². The van der Waals surface area contributed by atoms with E-state index < -0.39 is 12.1 Å². The van der Waals surface area contributed by atoms with Gasteiger partial charge < -0.3 is 20.3 Å². The summed E-state index contributed by atoms with van der Waals surface area (Å²) in [6.45, 7) is 4.90. The van der Waals surface area contributed by atoms with Crippen LogP contribution in [-0.2, 0) is 14.3 Å². The lowest BCUT2D eigenvalue weighted by Gasteiger charge is -2.22. The second-order valence-electron chi connectivity index (χ2n) is 20.7. The van der Waals surface area contributed by atoms with E-state index in [0.29, 0.717) is 25.9 Å². The Morgan fingerprint density at radius 2 is 0.761 bits per heavy atom. The van der Waals surface area contributed by atoms with E-state index in [1.807, 2.05) is 0 Å². The minimum Gasteiger partial charge on any atom is -0.466 e. The molecule has 0 heterocycles. The van der Waals surface area contributed by atoms with Crippen LogP contribution in [0.5, 0.6) is 0 Å². The van der Waals surface area contributed by atoms with Crippen molar-refractivity contribution in [1.29, 1.82) is 0 Å². The fourth-order valence-corrected chi connectivity index (χ4v) is 9.36. The first-order valence-corrected chi connectivity index (χ1v) is 30.1. The zero-order valence-corrected chi connectivity index (χ0v) is 45.1. The molecule has 3 N–H and O–H groups in total. The van der Waals surface area contributed by atoms with E-state index in [4.69, 9.17) is 4.74 Å². The highest BCUT2D eigenvalue weighted by Gasteiger charge is 2.20. The average Bonchev–Trinajstić information content (AvgIpc) is 3.33. The first-order valence-electron chi connectivity index (χ1n) is 30.1. The second-order valence-corrected chi connectivity index (χ2v) is 20.7. The van der Waals surface area contributed by atoms with Gasteiger partial charge in [0.05, 0.1) is 25.4 Å². The Labute approximate surface area is 418 Å². The molecule has 0 saturated heterocycles. The summed E-state index contributed by atoms with van der Waals surface area (Å²) in [5.41, 5.74) is 0. The van der Waals surface area contributed by atoms with Gasteiger partial charge >= 0.3 is 5.97 Å². The molecule has 0 saturated carbocycles. The number of ether oxygens (including phenoxy) is 1. The van der Waals surface area contributed by atoms with Gasteiger partial charge in [0.2, 0.25) is 5.91 Å². The molecular formula is C61H117NO5. The highest BCUT2D eigenvalue weighted by molar-refractivity contribution is 5.76. The Morgan fingerprint density at radius 1 is 0.418 bits per heavy atom. The number of carbonyl (C=O) groups excluding carboxylic acids is 2. The third-order valence-corrected chi connectivity index (χ3v) is 14.0. The Morgan fingerprint density at radius 3 is 1.18 bits per heavy atom. The van der Waals surface area contributed by atoms with Crippen molar-refractivity contribution in [3.8, 4) is 0 Å². The zero-order chi connectivity index (χ0) is 48.6. The standard InChI is InChI=1S/C61H117NO5/c1-3-5-7-9-11-13-14-15-32-35-39-43-47-51-55-61(66)67-56-52-48-44-40-36-33-30-28-26-24-22-20-18-16-17-19-21-23-25-27-29-31-34-38-42-46-50-54-60(65)62-58(57-63)59(64)53-49-45-41-37-12-10-8-6-4-2/h9,11,14-15,58-59,63-64H,3-8,10,12-13,16-57H2,1-2H3,(H,62,65)/b11-9-,15-14-. The van der Waals surface area contributed by atoms with Crippen LogP contribution in [0.25, 0.3) is 0 Å². The normalized spacial score (nSPS) is 12.7. The van der Waals surface area contributed by atoms with E-state index in [-0.39, 0.29) is 18.5 Å². The third kappa shape index (κ3) is 53.5. The molecule has 0 aliphatic rings. The molecule has 0 spiro atoms. The molecule has 2 atom stereocenters. The number of amides is 1. The van der Waals surface area contributed by atoms with Crippen molar-refractivity contribution >= 4 is 11.9 Å². The minimum atomic E-state index is -0.659. The molecular weight excluding hydrogens is 827 g/mol. The summed E-state index contributed by atoms with van der Waals surface area (Å²) in [5, 5.41) is 23.1. The van der Waals surface area contributed by atoms with Crippen LogP contribution in [-0.4, -0.2) is 47.4 Å². The summed E-state index contributed by atoms with van der Waals surface area (Å²) >= 11 is 0. The summed E-state index contributed by atoms with van der Waals surface area (Å²) in [5.74, 6) is -0.0305. The predicted molar refractivity (Wildman–Crippen MR) is 292 cm³/mol. The average molecular weight is 945 g/mol. The molecule has 0 rings (SSSR count). The molecule has 67 heavy (non-hydrogen) atoms. The molecule has 0 radical (unpaired) electrons. The molecule has 6 heteroatoms. The van der Waals surface area contributed by atoms with Gasteiger partial charge in [-0.3, -0.25) is 9.59 Å². The summed E-state index contributed by atoms with van der Waals surface area (Å²) in [6, 6.07) is -0.537. The first kappa shape index (κ1) is 65.3. The molecule has 6 nitrogen and oxygen atoms in total. The van der Waals surface area contributed by atoms with E-state index in [2.05, 4.69) is 43.5 Å². The van der Waals surface area contributed by atoms with Crippen LogP contribution in [0.15, 0.2) is 24.3 Å². The SMILES string of the molecule is CCCC/C=C\C/C=C\CCCCCCCC(=O)OCCCCCCCCCCCCCCCCCCCCCCCCCCCCCC(=O)NC(CO)C(O)CCCCCCCCCCC. The number of hydrogen-bond donors (Lipinski definition) is 3. The smallest absolute Gasteiger partial charge is 0.305 e. The molecule has 0 aromatic rings. The van der Waals surface area contributed by atoms with E-state index in [0.717, 1.165) is 51.4 Å². The molecule has 0 aromatic heterocycles. The summed E-state index contributed by atoms with van der Waals surface area (Å²) in [4.78, 5) is 24.4. The van der Waals surface area contributed by atoms with Crippen LogP contribution < -0.4 is 5.32 Å². The van der Waals surface area contributed by atoms with Gasteiger partial charge in [-0.25, -0.2) is 0 Å². The van der Waals surface area contributed by atoms with Crippen LogP contribution in [0.2, 0.25) is 0 Å². The third-order valence-electron chi connectivity index (χ3n) is 14.0. The van der Waals surface area contributed by atoms with Crippen LogP contribution >= 0.6 is 0 Å². The van der Waals surface area contributed by atoms with Crippen LogP contribution in [0.1, 0.15) is 328 Å². The van der Waals surface area contributed by atoms with Crippen molar-refractivity contribution in [2.45, 2.75) is 341 Å². The van der Waals surface area contributed by atoms with Crippen molar-refractivity contribution in [2.75, 3.05) is 13.2 Å². The number of nitrogens with one attached hydrogen (secondary N) is 1. The van der Waals surface area contributed by atoms with Gasteiger partial charge in [0.15, 0.2) is 0 Å². The number of unbranched alkanes of at least 4 members (excludes halogenated alkanes) is 41. The molecule has 0 bridgehead atoms. The van der Waals surface area contributed by atoms with Crippen molar-refractivity contribution in [3.05, 3.63) is 24.3 Å². The highest BCUT2D eigenvalue weighted by Crippen LogP contribution is 2.18. The molecule has 2 unspecified atom stereocenters. The maximum absolute atomic E-state index is 12.4. The highest BCUT2D eigenvalue weighted by atomic mass is 16.5. The lowest BCUT2D eigenvalue weighted by atomic mass is 10.0. The van der Waals surface area contributed by atoms with E-state index in [9.17, 15) is 19.8 Å². The van der Waals surface area contributed by atoms with E-state index >= 15 is 0 Å². The first-order chi connectivity index (χ1) is 33.0. The zero-order valence-electron chi connectivity index (χ0n) is 45.1. The lowest BCUT2D eigenvalue weighted by Crippen LogP contribution is -2.45. The molecule has 0 fully saturated rings. The van der Waals surface area contributed by atoms with Gasteiger partial charge in [-0.2, -0.15) is 0 Å². The van der Waals surface area contributed by atoms with Crippen molar-refractivity contribution in [1.82, 2.24) is 5.32 Å². The van der Waals surface area contributed by atoms with Gasteiger partial charge in [0.1, 0.15) is 0 Å². The Hall–Kier alpha value is -1.66. The number of allylic oxidation sites excluding steroid dienone is 4. The Balaban J connectivity index is 3.32. The summed E-state index contributed by atoms with van der Waals surface area (Å²) in [6.07, 6.45) is 69.1. The quantitative estimate of drug-likeness (QED) is 0.0321. The van der Waals surface area contributed by atoms with Gasteiger partial charge in [-0.15, -0.1) is 0 Å². The number of carbonyl (C=O) groups is 2. The molecule has 0 aliphatic carbocycles. The molecule has 0 aliphatic heterocycles. The number of hydrogen-bond acceptors (Lipinski definition) is 5. The van der Waals surface area contributed by atoms with E-state index in [1.54, 1.807) is 0 Å². The number of esters is 1. The lowest BCUT2D eigenvalue weighted by molar-refractivity contribution is -0.143. The number of aliphatic hydroxyl groups excluding tert-OH is 2. The number of rotatable bonds is 56. The van der Waals surface area contributed by atoms with Crippen molar-refractivity contribution < 1.29 is 24.5 Å². The summed E-state index contributed by atoms with van der Waals surface area (Å²) < 4.78 is 5.47. The van der Waals surface area contributed by atoms with Gasteiger partial charge in [0, 0.05) is 12.8 Å². The van der Waals surface area contributed by atoms with E-state index in [1.165, 1.54) is 244 Å². The van der Waals surface area contributed by atoms with Crippen molar-refractivity contribution in [3.63, 3.8) is 0 Å². The maximum Gasteiger partial charge on any atom is 0.305 e. The molecule has 396 valence electrons. The topological polar surface area (TPSA) is 95.9 Å². The van der Waals surface area contributed by atoms with Gasteiger partial charge in [-0.1, -0.05) is 289 Å². The fraction of sp³-hybridized carbons (Fsp3) is 0.902. The predicted octanol–water partition coefficient (Wildman–Crippen LogP) is 18.6. The molecule has 1 amide bonds. The summed E-state index contributed by atoms with van der Waals surface area (Å²) in [7, 11) is 0. The second kappa shape index (κ2) is 56.9. The van der Waals surface area contributed by atoms with Crippen LogP contribution in [0.3, 0.4) is 0 Å². The monoisotopic (exact) mass is 944 g/mol. The fourth-order valence-electron chi connectivity index (χ4n) is 9.36. The largest absolute Gasteiger partial charge is 0.466 e. The van der Waals surface area contributed by atoms with Crippen LogP contribution in [0.4, 0.5) is 0 Å². The Kier molecular flexibility index (Phi) is 55.5. The Bertz CT molecular complexity index is 1040. The minimum absolute atomic E-state index is 0.00339. The van der Waals surface area contributed by atoms with Crippen LogP contribution in [0, 0.1) is 0 Å². The molecule has 0 aromatic carbocycles.